The fourth-order valence-electron chi connectivity index (χ4n) is 2.35. The van der Waals surface area contributed by atoms with Crippen molar-refractivity contribution in [3.8, 4) is 11.5 Å². The van der Waals surface area contributed by atoms with Crippen LogP contribution in [-0.2, 0) is 22.4 Å². The van der Waals surface area contributed by atoms with E-state index in [9.17, 15) is 4.79 Å². The Bertz CT molecular complexity index is 788. The average Bonchev–Trinajstić information content (AvgIpc) is 3.10. The lowest BCUT2D eigenvalue weighted by atomic mass is 10.1. The normalized spacial score (nSPS) is 11.0. The van der Waals surface area contributed by atoms with Crippen LogP contribution in [0.1, 0.15) is 17.5 Å². The van der Waals surface area contributed by atoms with Crippen LogP contribution >= 0.6 is 11.3 Å². The molecule has 2 aromatic heterocycles. The molecule has 108 valence electrons. The Morgan fingerprint density at radius 2 is 2.19 bits per heavy atom. The minimum Gasteiger partial charge on any atom is -0.469 e. The van der Waals surface area contributed by atoms with Crippen molar-refractivity contribution in [3.05, 3.63) is 40.2 Å². The number of esters is 1. The molecule has 0 aliphatic carbocycles. The third-order valence-electron chi connectivity index (χ3n) is 3.36. The molecule has 0 saturated heterocycles. The van der Waals surface area contributed by atoms with E-state index in [0.717, 1.165) is 39.4 Å². The molecular weight excluding hydrogens is 286 g/mol. The third kappa shape index (κ3) is 2.56. The first kappa shape index (κ1) is 13.8. The van der Waals surface area contributed by atoms with Crippen LogP contribution in [-0.4, -0.2) is 18.1 Å². The number of nitrogens with zero attached hydrogens (tertiary/aromatic N) is 1. The van der Waals surface area contributed by atoms with Gasteiger partial charge >= 0.3 is 5.97 Å². The van der Waals surface area contributed by atoms with Crippen LogP contribution in [0.5, 0.6) is 0 Å². The van der Waals surface area contributed by atoms with E-state index in [4.69, 9.17) is 4.42 Å². The van der Waals surface area contributed by atoms with Crippen LogP contribution in [0, 0.1) is 0 Å². The highest BCUT2D eigenvalue weighted by molar-refractivity contribution is 7.10. The molecule has 21 heavy (non-hydrogen) atoms. The summed E-state index contributed by atoms with van der Waals surface area (Å²) in [4.78, 5) is 15.8. The number of aryl methyl sites for hydroxylation is 1. The van der Waals surface area contributed by atoms with E-state index in [1.54, 1.807) is 0 Å². The largest absolute Gasteiger partial charge is 0.469 e. The Morgan fingerprint density at radius 3 is 2.95 bits per heavy atom. The lowest BCUT2D eigenvalue weighted by molar-refractivity contribution is -0.139. The van der Waals surface area contributed by atoms with Gasteiger partial charge in [0.05, 0.1) is 13.5 Å². The van der Waals surface area contributed by atoms with Crippen molar-refractivity contribution >= 4 is 28.3 Å². The van der Waals surface area contributed by atoms with Crippen molar-refractivity contribution < 1.29 is 13.9 Å². The number of thiazole rings is 1. The van der Waals surface area contributed by atoms with Gasteiger partial charge in [0.1, 0.15) is 16.3 Å². The number of furan rings is 1. The minimum absolute atomic E-state index is 0.197. The number of fused-ring (bicyclic) bond motifs is 1. The van der Waals surface area contributed by atoms with Crippen LogP contribution in [0.4, 0.5) is 0 Å². The molecule has 5 heteroatoms. The zero-order valence-corrected chi connectivity index (χ0v) is 12.7. The fourth-order valence-corrected chi connectivity index (χ4v) is 3.11. The molecule has 0 N–H and O–H groups in total. The second-order valence-corrected chi connectivity index (χ2v) is 5.58. The maximum atomic E-state index is 11.3. The molecule has 0 amide bonds. The van der Waals surface area contributed by atoms with E-state index in [1.807, 2.05) is 23.6 Å². The number of benzene rings is 1. The van der Waals surface area contributed by atoms with Crippen LogP contribution in [0.3, 0.4) is 0 Å². The monoisotopic (exact) mass is 301 g/mol. The Balaban J connectivity index is 2.02. The molecule has 3 rings (SSSR count). The van der Waals surface area contributed by atoms with Crippen molar-refractivity contribution in [1.29, 1.82) is 0 Å². The van der Waals surface area contributed by atoms with E-state index in [2.05, 4.69) is 22.7 Å². The minimum atomic E-state index is -0.281. The Labute approximate surface area is 126 Å². The quantitative estimate of drug-likeness (QED) is 0.687. The molecule has 0 fully saturated rings. The average molecular weight is 301 g/mol. The highest BCUT2D eigenvalue weighted by atomic mass is 32.1. The van der Waals surface area contributed by atoms with Gasteiger partial charge in [0.15, 0.2) is 5.76 Å². The van der Waals surface area contributed by atoms with Gasteiger partial charge in [0.2, 0.25) is 0 Å². The van der Waals surface area contributed by atoms with Gasteiger partial charge in [-0.3, -0.25) is 4.79 Å². The lowest BCUT2D eigenvalue weighted by Crippen LogP contribution is -2.03. The standard InChI is InChI=1S/C16H15NO3S/c1-3-10-11-6-4-5-7-13(11)20-16(10)12-9-21-14(17-12)8-15(18)19-2/h4-7,9H,3,8H2,1-2H3. The molecule has 0 atom stereocenters. The maximum absolute atomic E-state index is 11.3. The smallest absolute Gasteiger partial charge is 0.312 e. The van der Waals surface area contributed by atoms with Gasteiger partial charge in [0, 0.05) is 16.3 Å². The highest BCUT2D eigenvalue weighted by Gasteiger charge is 2.17. The Kier molecular flexibility index (Phi) is 3.75. The number of ether oxygens (including phenoxy) is 1. The summed E-state index contributed by atoms with van der Waals surface area (Å²) < 4.78 is 10.6. The van der Waals surface area contributed by atoms with Crippen molar-refractivity contribution in [3.63, 3.8) is 0 Å². The summed E-state index contributed by atoms with van der Waals surface area (Å²) in [5.41, 5.74) is 2.80. The zero-order chi connectivity index (χ0) is 14.8. The van der Waals surface area contributed by atoms with E-state index in [0.29, 0.717) is 0 Å². The number of hydrogen-bond donors (Lipinski definition) is 0. The van der Waals surface area contributed by atoms with Gasteiger partial charge in [-0.05, 0) is 12.5 Å². The van der Waals surface area contributed by atoms with E-state index >= 15 is 0 Å². The number of hydrogen-bond acceptors (Lipinski definition) is 5. The number of carbonyl (C=O) groups excluding carboxylic acids is 1. The molecule has 4 nitrogen and oxygen atoms in total. The highest BCUT2D eigenvalue weighted by Crippen LogP contribution is 2.34. The fraction of sp³-hybridized carbons (Fsp3) is 0.250. The molecule has 0 radical (unpaired) electrons. The predicted octanol–water partition coefficient (Wildman–Crippen LogP) is 3.83. The number of rotatable bonds is 4. The van der Waals surface area contributed by atoms with Gasteiger partial charge in [-0.25, -0.2) is 4.98 Å². The summed E-state index contributed by atoms with van der Waals surface area (Å²) in [5, 5.41) is 3.78. The number of methoxy groups -OCH3 is 1. The van der Waals surface area contributed by atoms with Crippen molar-refractivity contribution in [2.45, 2.75) is 19.8 Å². The van der Waals surface area contributed by atoms with Crippen LogP contribution in [0.15, 0.2) is 34.1 Å². The van der Waals surface area contributed by atoms with E-state index in [-0.39, 0.29) is 12.4 Å². The van der Waals surface area contributed by atoms with Gasteiger partial charge < -0.3 is 9.15 Å². The molecular formula is C16H15NO3S. The SMILES string of the molecule is CCc1c(-c2csc(CC(=O)OC)n2)oc2ccccc12. The topological polar surface area (TPSA) is 52.3 Å². The van der Waals surface area contributed by atoms with E-state index in [1.165, 1.54) is 18.4 Å². The van der Waals surface area contributed by atoms with Gasteiger partial charge in [-0.1, -0.05) is 25.1 Å². The summed E-state index contributed by atoms with van der Waals surface area (Å²) in [7, 11) is 1.38. The van der Waals surface area contributed by atoms with Gasteiger partial charge in [-0.15, -0.1) is 11.3 Å². The van der Waals surface area contributed by atoms with Gasteiger partial charge in [0.25, 0.3) is 0 Å². The van der Waals surface area contributed by atoms with Crippen LogP contribution in [0.25, 0.3) is 22.4 Å². The second kappa shape index (κ2) is 5.69. The molecule has 0 aliphatic heterocycles. The summed E-state index contributed by atoms with van der Waals surface area (Å²) in [5.74, 6) is 0.516. The van der Waals surface area contributed by atoms with Crippen molar-refractivity contribution in [1.82, 2.24) is 4.98 Å². The zero-order valence-electron chi connectivity index (χ0n) is 11.9. The first-order valence-electron chi connectivity index (χ1n) is 6.75. The summed E-state index contributed by atoms with van der Waals surface area (Å²) in [6.07, 6.45) is 1.07. The maximum Gasteiger partial charge on any atom is 0.312 e. The molecule has 0 spiro atoms. The Morgan fingerprint density at radius 1 is 1.38 bits per heavy atom. The van der Waals surface area contributed by atoms with Crippen LogP contribution < -0.4 is 0 Å². The summed E-state index contributed by atoms with van der Waals surface area (Å²) in [6, 6.07) is 7.98. The van der Waals surface area contributed by atoms with Gasteiger partial charge in [-0.2, -0.15) is 0 Å². The summed E-state index contributed by atoms with van der Waals surface area (Å²) >= 11 is 1.45. The molecule has 2 heterocycles. The molecule has 0 bridgehead atoms. The third-order valence-corrected chi connectivity index (χ3v) is 4.21. The number of carbonyl (C=O) groups is 1. The van der Waals surface area contributed by atoms with Crippen molar-refractivity contribution in [2.75, 3.05) is 7.11 Å². The lowest BCUT2D eigenvalue weighted by Gasteiger charge is -1.96. The second-order valence-electron chi connectivity index (χ2n) is 4.64. The first-order valence-corrected chi connectivity index (χ1v) is 7.63. The van der Waals surface area contributed by atoms with Crippen molar-refractivity contribution in [2.24, 2.45) is 0 Å². The number of aromatic nitrogens is 1. The van der Waals surface area contributed by atoms with E-state index < -0.39 is 0 Å². The van der Waals surface area contributed by atoms with Crippen LogP contribution in [0.2, 0.25) is 0 Å². The molecule has 0 saturated carbocycles. The predicted molar refractivity (Wildman–Crippen MR) is 82.4 cm³/mol. The molecule has 0 unspecified atom stereocenters. The number of para-hydroxylation sites is 1. The molecule has 0 aliphatic rings. The summed E-state index contributed by atoms with van der Waals surface area (Å²) in [6.45, 7) is 2.10. The first-order chi connectivity index (χ1) is 10.2. The Hall–Kier alpha value is -2.14. The molecule has 3 aromatic rings. The molecule has 1 aromatic carbocycles.